The maximum atomic E-state index is 12.4. The number of halogens is 1. The quantitative estimate of drug-likeness (QED) is 0.833. The molecule has 0 saturated carbocycles. The van der Waals surface area contributed by atoms with E-state index < -0.39 is 5.83 Å². The first kappa shape index (κ1) is 13.0. The molecule has 0 bridgehead atoms. The Hall–Kier alpha value is -2.49. The van der Waals surface area contributed by atoms with Gasteiger partial charge in [-0.1, -0.05) is 19.2 Å². The van der Waals surface area contributed by atoms with Crippen LogP contribution in [0.1, 0.15) is 5.56 Å². The van der Waals surface area contributed by atoms with Gasteiger partial charge in [0.25, 0.3) is 0 Å². The van der Waals surface area contributed by atoms with Crippen molar-refractivity contribution >= 4 is 11.0 Å². The van der Waals surface area contributed by atoms with Crippen LogP contribution in [-0.4, -0.2) is 9.97 Å². The molecule has 19 heavy (non-hydrogen) atoms. The number of allylic oxidation sites excluding steroid dienone is 3. The van der Waals surface area contributed by atoms with Crippen molar-refractivity contribution in [3.63, 3.8) is 0 Å². The van der Waals surface area contributed by atoms with E-state index in [1.54, 1.807) is 18.5 Å². The standard InChI is InChI=1S/C15H14FN3/c1-11(16)3-4-12(2)19-10-13-5-6-14-15(9-13)18-8-7-17-14/h3-9,19H,1-2,10H2. The van der Waals surface area contributed by atoms with Crippen LogP contribution in [-0.2, 0) is 6.54 Å². The summed E-state index contributed by atoms with van der Waals surface area (Å²) in [7, 11) is 0. The molecule has 0 amide bonds. The molecule has 1 heterocycles. The maximum Gasteiger partial charge on any atom is 0.116 e. The topological polar surface area (TPSA) is 37.8 Å². The summed E-state index contributed by atoms with van der Waals surface area (Å²) in [5.41, 5.74) is 3.39. The molecule has 0 atom stereocenters. The Morgan fingerprint density at radius 1 is 1.16 bits per heavy atom. The van der Waals surface area contributed by atoms with E-state index in [0.717, 1.165) is 16.6 Å². The first-order valence-corrected chi connectivity index (χ1v) is 5.80. The zero-order valence-corrected chi connectivity index (χ0v) is 10.4. The molecule has 96 valence electrons. The summed E-state index contributed by atoms with van der Waals surface area (Å²) in [6.07, 6.45) is 6.13. The molecule has 0 radical (unpaired) electrons. The second-order valence-corrected chi connectivity index (χ2v) is 4.04. The SMILES string of the molecule is C=C(F)C=CC(=C)NCc1ccc2nccnc2c1. The maximum absolute atomic E-state index is 12.4. The van der Waals surface area contributed by atoms with Crippen molar-refractivity contribution in [2.75, 3.05) is 0 Å². The van der Waals surface area contributed by atoms with Crippen LogP contribution in [0.3, 0.4) is 0 Å². The number of nitrogens with one attached hydrogen (secondary N) is 1. The van der Waals surface area contributed by atoms with E-state index in [0.29, 0.717) is 12.2 Å². The summed E-state index contributed by atoms with van der Waals surface area (Å²) in [6.45, 7) is 7.50. The molecule has 1 aromatic heterocycles. The zero-order valence-electron chi connectivity index (χ0n) is 10.4. The van der Waals surface area contributed by atoms with Gasteiger partial charge in [-0.2, -0.15) is 0 Å². The molecule has 1 aromatic carbocycles. The molecule has 0 saturated heterocycles. The van der Waals surface area contributed by atoms with Gasteiger partial charge in [0.05, 0.1) is 11.0 Å². The molecule has 0 aliphatic heterocycles. The number of aromatic nitrogens is 2. The molecule has 2 rings (SSSR count). The summed E-state index contributed by atoms with van der Waals surface area (Å²) in [5, 5.41) is 3.08. The largest absolute Gasteiger partial charge is 0.381 e. The summed E-state index contributed by atoms with van der Waals surface area (Å²) >= 11 is 0. The third kappa shape index (κ3) is 3.74. The normalized spacial score (nSPS) is 10.8. The van der Waals surface area contributed by atoms with Gasteiger partial charge >= 0.3 is 0 Å². The summed E-state index contributed by atoms with van der Waals surface area (Å²) < 4.78 is 12.4. The van der Waals surface area contributed by atoms with Gasteiger partial charge in [-0.15, -0.1) is 0 Å². The highest BCUT2D eigenvalue weighted by Gasteiger charge is 1.98. The number of fused-ring (bicyclic) bond motifs is 1. The first-order valence-electron chi connectivity index (χ1n) is 5.80. The van der Waals surface area contributed by atoms with Crippen LogP contribution in [0, 0.1) is 0 Å². The lowest BCUT2D eigenvalue weighted by atomic mass is 10.2. The van der Waals surface area contributed by atoms with E-state index in [1.807, 2.05) is 18.2 Å². The number of benzene rings is 1. The Bertz CT molecular complexity index is 647. The molecule has 1 N–H and O–H groups in total. The minimum Gasteiger partial charge on any atom is -0.381 e. The molecule has 0 fully saturated rings. The van der Waals surface area contributed by atoms with Crippen molar-refractivity contribution in [2.45, 2.75) is 6.54 Å². The van der Waals surface area contributed by atoms with E-state index in [9.17, 15) is 4.39 Å². The van der Waals surface area contributed by atoms with E-state index in [-0.39, 0.29) is 0 Å². The predicted octanol–water partition coefficient (Wildman–Crippen LogP) is 3.27. The minimum absolute atomic E-state index is 0.496. The fourth-order valence-corrected chi connectivity index (χ4v) is 1.58. The van der Waals surface area contributed by atoms with Crippen molar-refractivity contribution in [2.24, 2.45) is 0 Å². The highest BCUT2D eigenvalue weighted by Crippen LogP contribution is 2.11. The van der Waals surface area contributed by atoms with E-state index in [4.69, 9.17) is 0 Å². The molecule has 4 heteroatoms. The van der Waals surface area contributed by atoms with Gasteiger partial charge in [0.15, 0.2) is 0 Å². The van der Waals surface area contributed by atoms with E-state index in [2.05, 4.69) is 28.4 Å². The lowest BCUT2D eigenvalue weighted by molar-refractivity contribution is 0.671. The van der Waals surface area contributed by atoms with Crippen LogP contribution in [0.15, 0.2) is 67.4 Å². The van der Waals surface area contributed by atoms with Gasteiger partial charge < -0.3 is 5.32 Å². The number of hydrogen-bond donors (Lipinski definition) is 1. The monoisotopic (exact) mass is 255 g/mol. The molecule has 0 aliphatic rings. The van der Waals surface area contributed by atoms with E-state index >= 15 is 0 Å². The Morgan fingerprint density at radius 2 is 1.89 bits per heavy atom. The zero-order chi connectivity index (χ0) is 13.7. The van der Waals surface area contributed by atoms with E-state index in [1.165, 1.54) is 6.08 Å². The fourth-order valence-electron chi connectivity index (χ4n) is 1.58. The molecule has 0 spiro atoms. The lowest BCUT2D eigenvalue weighted by Gasteiger charge is -2.06. The average Bonchev–Trinajstić information content (AvgIpc) is 2.42. The second kappa shape index (κ2) is 5.91. The van der Waals surface area contributed by atoms with Gasteiger partial charge in [-0.3, -0.25) is 9.97 Å². The molecular weight excluding hydrogens is 241 g/mol. The van der Waals surface area contributed by atoms with Gasteiger partial charge in [-0.05, 0) is 29.8 Å². The predicted molar refractivity (Wildman–Crippen MR) is 74.9 cm³/mol. The van der Waals surface area contributed by atoms with Crippen LogP contribution >= 0.6 is 0 Å². The van der Waals surface area contributed by atoms with Crippen molar-refractivity contribution < 1.29 is 4.39 Å². The number of rotatable bonds is 5. The van der Waals surface area contributed by atoms with Crippen molar-refractivity contribution in [3.8, 4) is 0 Å². The number of nitrogens with zero attached hydrogens (tertiary/aromatic N) is 2. The molecule has 0 unspecified atom stereocenters. The number of hydrogen-bond acceptors (Lipinski definition) is 3. The highest BCUT2D eigenvalue weighted by atomic mass is 19.1. The Balaban J connectivity index is 2.02. The Labute approximate surface area is 111 Å². The Morgan fingerprint density at radius 3 is 2.63 bits per heavy atom. The van der Waals surface area contributed by atoms with Gasteiger partial charge in [-0.25, -0.2) is 4.39 Å². The Kier molecular flexibility index (Phi) is 4.03. The molecule has 0 aliphatic carbocycles. The van der Waals surface area contributed by atoms with Crippen LogP contribution in [0.4, 0.5) is 4.39 Å². The third-order valence-corrected chi connectivity index (χ3v) is 2.52. The summed E-state index contributed by atoms with van der Waals surface area (Å²) in [6, 6.07) is 5.84. The second-order valence-electron chi connectivity index (χ2n) is 4.04. The van der Waals surface area contributed by atoms with Crippen molar-refractivity contribution in [1.29, 1.82) is 0 Å². The third-order valence-electron chi connectivity index (χ3n) is 2.52. The van der Waals surface area contributed by atoms with Crippen LogP contribution in [0.5, 0.6) is 0 Å². The summed E-state index contributed by atoms with van der Waals surface area (Å²) in [5.74, 6) is -0.496. The van der Waals surface area contributed by atoms with Crippen LogP contribution in [0.2, 0.25) is 0 Å². The lowest BCUT2D eigenvalue weighted by Crippen LogP contribution is -2.10. The first-order chi connectivity index (χ1) is 9.15. The van der Waals surface area contributed by atoms with Crippen molar-refractivity contribution in [1.82, 2.24) is 15.3 Å². The average molecular weight is 255 g/mol. The minimum atomic E-state index is -0.496. The van der Waals surface area contributed by atoms with Gasteiger partial charge in [0.2, 0.25) is 0 Å². The smallest absolute Gasteiger partial charge is 0.116 e. The molecular formula is C15H14FN3. The highest BCUT2D eigenvalue weighted by molar-refractivity contribution is 5.74. The van der Waals surface area contributed by atoms with Crippen molar-refractivity contribution in [3.05, 3.63) is 73.0 Å². The fraction of sp³-hybridized carbons (Fsp3) is 0.0667. The van der Waals surface area contributed by atoms with Gasteiger partial charge in [0.1, 0.15) is 5.83 Å². The van der Waals surface area contributed by atoms with Crippen LogP contribution in [0.25, 0.3) is 11.0 Å². The summed E-state index contributed by atoms with van der Waals surface area (Å²) in [4.78, 5) is 8.44. The van der Waals surface area contributed by atoms with Gasteiger partial charge in [0, 0.05) is 24.6 Å². The molecule has 3 nitrogen and oxygen atoms in total. The van der Waals surface area contributed by atoms with Crippen LogP contribution < -0.4 is 5.32 Å². The molecule has 2 aromatic rings.